The number of benzene rings is 1. The fraction of sp³-hybridized carbons (Fsp3) is 0.500. The number of carbonyl (C=O) groups excluding carboxylic acids is 1. The van der Waals surface area contributed by atoms with Crippen LogP contribution >= 0.6 is 0 Å². The molecule has 1 aromatic rings. The standard InChI is InChI=1S/C14H21N3O/c1-16(2)14(18)10-17-9-5-7-12(15)11-6-3-4-8-13(11)17/h3-4,6,8,12H,5,7,9-10,15H2,1-2H3. The monoisotopic (exact) mass is 247 g/mol. The Morgan fingerprint density at radius 2 is 2.17 bits per heavy atom. The van der Waals surface area contributed by atoms with Crippen LogP contribution in [0.1, 0.15) is 24.4 Å². The Labute approximate surface area is 108 Å². The van der Waals surface area contributed by atoms with Crippen LogP contribution in [0.5, 0.6) is 0 Å². The van der Waals surface area contributed by atoms with Crippen molar-refractivity contribution >= 4 is 11.6 Å². The van der Waals surface area contributed by atoms with Crippen LogP contribution in [0.2, 0.25) is 0 Å². The van der Waals surface area contributed by atoms with Gasteiger partial charge in [0.05, 0.1) is 6.54 Å². The topological polar surface area (TPSA) is 49.6 Å². The van der Waals surface area contributed by atoms with Gasteiger partial charge in [-0.2, -0.15) is 0 Å². The minimum Gasteiger partial charge on any atom is -0.362 e. The molecule has 0 radical (unpaired) electrons. The normalized spacial score (nSPS) is 19.1. The van der Waals surface area contributed by atoms with Crippen molar-refractivity contribution in [2.75, 3.05) is 32.1 Å². The third kappa shape index (κ3) is 2.64. The zero-order chi connectivity index (χ0) is 13.1. The van der Waals surface area contributed by atoms with Crippen LogP contribution in [0, 0.1) is 0 Å². The second-order valence-corrected chi connectivity index (χ2v) is 5.02. The van der Waals surface area contributed by atoms with Crippen molar-refractivity contribution in [1.29, 1.82) is 0 Å². The predicted octanol–water partition coefficient (Wildman–Crippen LogP) is 1.37. The van der Waals surface area contributed by atoms with Crippen molar-refractivity contribution in [2.45, 2.75) is 18.9 Å². The van der Waals surface area contributed by atoms with Crippen LogP contribution in [0.25, 0.3) is 0 Å². The lowest BCUT2D eigenvalue weighted by atomic mass is 10.0. The van der Waals surface area contributed by atoms with Crippen LogP contribution in [-0.4, -0.2) is 38.0 Å². The summed E-state index contributed by atoms with van der Waals surface area (Å²) in [6, 6.07) is 8.22. The highest BCUT2D eigenvalue weighted by molar-refractivity contribution is 5.81. The smallest absolute Gasteiger partial charge is 0.241 e. The Morgan fingerprint density at radius 3 is 2.89 bits per heavy atom. The maximum Gasteiger partial charge on any atom is 0.241 e. The van der Waals surface area contributed by atoms with Crippen LogP contribution in [0.15, 0.2) is 24.3 Å². The number of hydrogen-bond donors (Lipinski definition) is 1. The maximum atomic E-state index is 11.9. The van der Waals surface area contributed by atoms with Crippen molar-refractivity contribution in [1.82, 2.24) is 4.90 Å². The number of anilines is 1. The molecule has 1 atom stereocenters. The van der Waals surface area contributed by atoms with Gasteiger partial charge in [-0.05, 0) is 24.5 Å². The van der Waals surface area contributed by atoms with Crippen LogP contribution < -0.4 is 10.6 Å². The molecule has 0 fully saturated rings. The van der Waals surface area contributed by atoms with Gasteiger partial charge in [-0.1, -0.05) is 18.2 Å². The van der Waals surface area contributed by atoms with E-state index in [4.69, 9.17) is 5.73 Å². The number of nitrogens with two attached hydrogens (primary N) is 1. The number of rotatable bonds is 2. The van der Waals surface area contributed by atoms with Crippen molar-refractivity contribution in [3.63, 3.8) is 0 Å². The molecule has 0 saturated heterocycles. The molecule has 18 heavy (non-hydrogen) atoms. The van der Waals surface area contributed by atoms with Crippen molar-refractivity contribution < 1.29 is 4.79 Å². The molecule has 1 amide bonds. The number of fused-ring (bicyclic) bond motifs is 1. The summed E-state index contributed by atoms with van der Waals surface area (Å²) in [5.74, 6) is 0.125. The predicted molar refractivity (Wildman–Crippen MR) is 73.5 cm³/mol. The first-order chi connectivity index (χ1) is 8.59. The van der Waals surface area contributed by atoms with E-state index >= 15 is 0 Å². The van der Waals surface area contributed by atoms with Gasteiger partial charge in [0.25, 0.3) is 0 Å². The summed E-state index contributed by atoms with van der Waals surface area (Å²) < 4.78 is 0. The van der Waals surface area contributed by atoms with E-state index in [2.05, 4.69) is 17.0 Å². The fourth-order valence-electron chi connectivity index (χ4n) is 2.34. The molecule has 98 valence electrons. The van der Waals surface area contributed by atoms with Gasteiger partial charge >= 0.3 is 0 Å². The third-order valence-corrected chi connectivity index (χ3v) is 3.44. The third-order valence-electron chi connectivity index (χ3n) is 3.44. The highest BCUT2D eigenvalue weighted by Crippen LogP contribution is 2.31. The van der Waals surface area contributed by atoms with E-state index < -0.39 is 0 Å². The number of nitrogens with zero attached hydrogens (tertiary/aromatic N) is 2. The molecule has 1 heterocycles. The van der Waals surface area contributed by atoms with E-state index in [1.807, 2.05) is 12.1 Å². The van der Waals surface area contributed by atoms with Gasteiger partial charge in [0.15, 0.2) is 0 Å². The quantitative estimate of drug-likeness (QED) is 0.859. The largest absolute Gasteiger partial charge is 0.362 e. The van der Waals surface area contributed by atoms with Gasteiger partial charge in [-0.3, -0.25) is 4.79 Å². The molecule has 0 spiro atoms. The van der Waals surface area contributed by atoms with E-state index in [9.17, 15) is 4.79 Å². The average molecular weight is 247 g/mol. The van der Waals surface area contributed by atoms with Gasteiger partial charge in [0.2, 0.25) is 5.91 Å². The summed E-state index contributed by atoms with van der Waals surface area (Å²) in [5.41, 5.74) is 8.44. The number of likely N-dealkylation sites (N-methyl/N-ethyl adjacent to an activating group) is 1. The molecule has 1 aliphatic heterocycles. The molecule has 0 aliphatic carbocycles. The summed E-state index contributed by atoms with van der Waals surface area (Å²) in [6.45, 7) is 1.32. The highest BCUT2D eigenvalue weighted by Gasteiger charge is 2.21. The fourth-order valence-corrected chi connectivity index (χ4v) is 2.34. The Hall–Kier alpha value is -1.55. The number of amides is 1. The summed E-state index contributed by atoms with van der Waals surface area (Å²) in [4.78, 5) is 15.6. The lowest BCUT2D eigenvalue weighted by molar-refractivity contribution is -0.127. The van der Waals surface area contributed by atoms with E-state index in [-0.39, 0.29) is 11.9 Å². The van der Waals surface area contributed by atoms with E-state index in [0.29, 0.717) is 6.54 Å². The summed E-state index contributed by atoms with van der Waals surface area (Å²) >= 11 is 0. The van der Waals surface area contributed by atoms with Crippen LogP contribution in [0.4, 0.5) is 5.69 Å². The molecule has 0 saturated carbocycles. The van der Waals surface area contributed by atoms with E-state index in [1.54, 1.807) is 19.0 Å². The maximum absolute atomic E-state index is 11.9. The first kappa shape index (κ1) is 12.9. The Kier molecular flexibility index (Phi) is 3.87. The Bertz CT molecular complexity index is 431. The SMILES string of the molecule is CN(C)C(=O)CN1CCCC(N)c2ccccc21. The Morgan fingerprint density at radius 1 is 1.44 bits per heavy atom. The van der Waals surface area contributed by atoms with Crippen LogP contribution in [0.3, 0.4) is 0 Å². The van der Waals surface area contributed by atoms with Gasteiger partial charge in [0.1, 0.15) is 0 Å². The van der Waals surface area contributed by atoms with Crippen LogP contribution in [-0.2, 0) is 4.79 Å². The molecular weight excluding hydrogens is 226 g/mol. The van der Waals surface area contributed by atoms with Crippen molar-refractivity contribution in [3.05, 3.63) is 29.8 Å². The second kappa shape index (κ2) is 5.40. The first-order valence-corrected chi connectivity index (χ1v) is 6.39. The molecule has 0 bridgehead atoms. The molecule has 1 unspecified atom stereocenters. The molecule has 4 nitrogen and oxygen atoms in total. The van der Waals surface area contributed by atoms with Crippen molar-refractivity contribution in [2.24, 2.45) is 5.73 Å². The molecular formula is C14H21N3O. The number of carbonyl (C=O) groups is 1. The lowest BCUT2D eigenvalue weighted by Crippen LogP contribution is -2.37. The minimum atomic E-state index is 0.0839. The van der Waals surface area contributed by atoms with E-state index in [1.165, 1.54) is 0 Å². The minimum absolute atomic E-state index is 0.0839. The Balaban J connectivity index is 2.26. The van der Waals surface area contributed by atoms with E-state index in [0.717, 1.165) is 30.6 Å². The molecule has 1 aromatic carbocycles. The molecule has 2 rings (SSSR count). The molecule has 4 heteroatoms. The van der Waals surface area contributed by atoms with Gasteiger partial charge in [-0.15, -0.1) is 0 Å². The molecule has 1 aliphatic rings. The van der Waals surface area contributed by atoms with Gasteiger partial charge in [0, 0.05) is 32.4 Å². The second-order valence-electron chi connectivity index (χ2n) is 5.02. The number of hydrogen-bond acceptors (Lipinski definition) is 3. The molecule has 2 N–H and O–H groups in total. The van der Waals surface area contributed by atoms with Gasteiger partial charge < -0.3 is 15.5 Å². The summed E-state index contributed by atoms with van der Waals surface area (Å²) in [5, 5.41) is 0. The number of para-hydroxylation sites is 1. The van der Waals surface area contributed by atoms with Crippen molar-refractivity contribution in [3.8, 4) is 0 Å². The summed E-state index contributed by atoms with van der Waals surface area (Å²) in [7, 11) is 3.58. The lowest BCUT2D eigenvalue weighted by Gasteiger charge is -2.26. The highest BCUT2D eigenvalue weighted by atomic mass is 16.2. The molecule has 0 aromatic heterocycles. The zero-order valence-electron chi connectivity index (χ0n) is 11.1. The average Bonchev–Trinajstić information content (AvgIpc) is 2.51. The first-order valence-electron chi connectivity index (χ1n) is 6.39. The summed E-state index contributed by atoms with van der Waals surface area (Å²) in [6.07, 6.45) is 2.00. The zero-order valence-corrected chi connectivity index (χ0v) is 11.1. The van der Waals surface area contributed by atoms with Gasteiger partial charge in [-0.25, -0.2) is 0 Å².